The fraction of sp³-hybridized carbons (Fsp3) is 0.500. The maximum absolute atomic E-state index is 12.6. The first-order valence-electron chi connectivity index (χ1n) is 7.80. The Morgan fingerprint density at radius 2 is 2.23 bits per heavy atom. The highest BCUT2D eigenvalue weighted by Gasteiger charge is 2.35. The number of carbonyl (C=O) groups excluding carboxylic acids is 1. The van der Waals surface area contributed by atoms with Crippen LogP contribution in [0.15, 0.2) is 18.2 Å². The maximum atomic E-state index is 12.6. The number of methoxy groups -OCH3 is 1. The molecule has 116 valence electrons. The SMILES string of the molecule is COc1ccc2[nH]nc(C(=O)NC3CN4CCC3CC4)c2c1. The molecule has 3 fully saturated rings. The molecule has 0 radical (unpaired) electrons. The predicted octanol–water partition coefficient (Wildman–Crippen LogP) is 1.40. The third-order valence-electron chi connectivity index (χ3n) is 4.96. The number of carbonyl (C=O) groups is 1. The van der Waals surface area contributed by atoms with Crippen molar-refractivity contribution in [1.29, 1.82) is 0 Å². The lowest BCUT2D eigenvalue weighted by Gasteiger charge is -2.44. The van der Waals surface area contributed by atoms with Gasteiger partial charge in [0.25, 0.3) is 5.91 Å². The number of H-pyrrole nitrogens is 1. The molecule has 0 spiro atoms. The predicted molar refractivity (Wildman–Crippen MR) is 83.1 cm³/mol. The fourth-order valence-electron chi connectivity index (χ4n) is 3.66. The molecule has 0 saturated carbocycles. The van der Waals surface area contributed by atoms with Crippen LogP contribution in [0, 0.1) is 5.92 Å². The number of benzene rings is 1. The van der Waals surface area contributed by atoms with E-state index in [0.717, 1.165) is 23.2 Å². The average molecular weight is 300 g/mol. The van der Waals surface area contributed by atoms with Crippen LogP contribution >= 0.6 is 0 Å². The van der Waals surface area contributed by atoms with E-state index in [2.05, 4.69) is 20.4 Å². The largest absolute Gasteiger partial charge is 0.497 e. The number of nitrogens with one attached hydrogen (secondary N) is 2. The summed E-state index contributed by atoms with van der Waals surface area (Å²) in [6.07, 6.45) is 2.36. The minimum Gasteiger partial charge on any atom is -0.497 e. The number of piperidine rings is 3. The Morgan fingerprint density at radius 3 is 2.91 bits per heavy atom. The van der Waals surface area contributed by atoms with E-state index in [4.69, 9.17) is 4.74 Å². The summed E-state index contributed by atoms with van der Waals surface area (Å²) in [7, 11) is 1.62. The molecule has 1 aromatic heterocycles. The number of nitrogens with zero attached hydrogens (tertiary/aromatic N) is 2. The first-order chi connectivity index (χ1) is 10.7. The molecule has 2 bridgehead atoms. The summed E-state index contributed by atoms with van der Waals surface area (Å²) in [6, 6.07) is 5.83. The minimum absolute atomic E-state index is 0.0988. The molecule has 1 amide bonds. The van der Waals surface area contributed by atoms with Crippen LogP contribution in [0.25, 0.3) is 10.9 Å². The smallest absolute Gasteiger partial charge is 0.272 e. The van der Waals surface area contributed by atoms with Crippen molar-refractivity contribution in [2.75, 3.05) is 26.7 Å². The van der Waals surface area contributed by atoms with E-state index < -0.39 is 0 Å². The molecule has 4 heterocycles. The highest BCUT2D eigenvalue weighted by molar-refractivity contribution is 6.05. The molecule has 22 heavy (non-hydrogen) atoms. The summed E-state index contributed by atoms with van der Waals surface area (Å²) >= 11 is 0. The Hall–Kier alpha value is -2.08. The molecule has 3 aliphatic heterocycles. The lowest BCUT2D eigenvalue weighted by atomic mass is 9.84. The number of rotatable bonds is 3. The zero-order chi connectivity index (χ0) is 15.1. The number of amides is 1. The molecule has 6 heteroatoms. The monoisotopic (exact) mass is 300 g/mol. The molecule has 1 aromatic carbocycles. The molecule has 2 N–H and O–H groups in total. The highest BCUT2D eigenvalue weighted by Crippen LogP contribution is 2.28. The summed E-state index contributed by atoms with van der Waals surface area (Å²) < 4.78 is 5.24. The molecule has 3 aliphatic rings. The zero-order valence-electron chi connectivity index (χ0n) is 12.6. The van der Waals surface area contributed by atoms with Crippen molar-refractivity contribution in [3.63, 3.8) is 0 Å². The van der Waals surface area contributed by atoms with Gasteiger partial charge in [-0.05, 0) is 50.0 Å². The number of fused-ring (bicyclic) bond motifs is 4. The Morgan fingerprint density at radius 1 is 1.41 bits per heavy atom. The molecular formula is C16H20N4O2. The minimum atomic E-state index is -0.0988. The van der Waals surface area contributed by atoms with Gasteiger partial charge in [-0.1, -0.05) is 0 Å². The number of hydrogen-bond donors (Lipinski definition) is 2. The van der Waals surface area contributed by atoms with Gasteiger partial charge in [-0.25, -0.2) is 0 Å². The van der Waals surface area contributed by atoms with Gasteiger partial charge in [-0.15, -0.1) is 0 Å². The van der Waals surface area contributed by atoms with Crippen LogP contribution in [0.5, 0.6) is 5.75 Å². The second kappa shape index (κ2) is 5.28. The summed E-state index contributed by atoms with van der Waals surface area (Å²) in [4.78, 5) is 15.0. The summed E-state index contributed by atoms with van der Waals surface area (Å²) in [6.45, 7) is 3.29. The van der Waals surface area contributed by atoms with Gasteiger partial charge >= 0.3 is 0 Å². The normalized spacial score (nSPS) is 27.0. The second-order valence-electron chi connectivity index (χ2n) is 6.20. The summed E-state index contributed by atoms with van der Waals surface area (Å²) in [5.74, 6) is 1.23. The van der Waals surface area contributed by atoms with E-state index in [1.165, 1.54) is 25.9 Å². The van der Waals surface area contributed by atoms with Gasteiger partial charge in [-0.3, -0.25) is 9.89 Å². The third kappa shape index (κ3) is 2.23. The van der Waals surface area contributed by atoms with Gasteiger partial charge in [-0.2, -0.15) is 5.10 Å². The van der Waals surface area contributed by atoms with Gasteiger partial charge in [0.2, 0.25) is 0 Å². The highest BCUT2D eigenvalue weighted by atomic mass is 16.5. The topological polar surface area (TPSA) is 70.2 Å². The van der Waals surface area contributed by atoms with Crippen molar-refractivity contribution >= 4 is 16.8 Å². The van der Waals surface area contributed by atoms with E-state index in [-0.39, 0.29) is 11.9 Å². The summed E-state index contributed by atoms with van der Waals surface area (Å²) in [5, 5.41) is 11.1. The van der Waals surface area contributed by atoms with E-state index in [1.807, 2.05) is 18.2 Å². The molecule has 0 aliphatic carbocycles. The number of aromatic nitrogens is 2. The third-order valence-corrected chi connectivity index (χ3v) is 4.96. The van der Waals surface area contributed by atoms with E-state index in [0.29, 0.717) is 11.6 Å². The lowest BCUT2D eigenvalue weighted by molar-refractivity contribution is 0.0618. The van der Waals surface area contributed by atoms with Crippen molar-refractivity contribution in [1.82, 2.24) is 20.4 Å². The van der Waals surface area contributed by atoms with Crippen LogP contribution in [0.2, 0.25) is 0 Å². The fourth-order valence-corrected chi connectivity index (χ4v) is 3.66. The van der Waals surface area contributed by atoms with Crippen LogP contribution in [-0.2, 0) is 0 Å². The van der Waals surface area contributed by atoms with Gasteiger partial charge < -0.3 is 15.0 Å². The van der Waals surface area contributed by atoms with Crippen LogP contribution in [0.4, 0.5) is 0 Å². The molecule has 6 nitrogen and oxygen atoms in total. The molecule has 5 rings (SSSR count). The second-order valence-corrected chi connectivity index (χ2v) is 6.20. The van der Waals surface area contributed by atoms with Crippen molar-refractivity contribution in [3.05, 3.63) is 23.9 Å². The van der Waals surface area contributed by atoms with E-state index in [1.54, 1.807) is 7.11 Å². The Bertz CT molecular complexity index is 703. The number of aromatic amines is 1. The Balaban J connectivity index is 1.57. The van der Waals surface area contributed by atoms with E-state index >= 15 is 0 Å². The van der Waals surface area contributed by atoms with Crippen molar-refractivity contribution in [2.24, 2.45) is 5.92 Å². The van der Waals surface area contributed by atoms with Crippen molar-refractivity contribution in [3.8, 4) is 5.75 Å². The Labute approximate surface area is 128 Å². The van der Waals surface area contributed by atoms with Gasteiger partial charge in [0.15, 0.2) is 5.69 Å². The first kappa shape index (κ1) is 13.6. The van der Waals surface area contributed by atoms with Gasteiger partial charge in [0, 0.05) is 18.0 Å². The van der Waals surface area contributed by atoms with Crippen molar-refractivity contribution < 1.29 is 9.53 Å². The van der Waals surface area contributed by atoms with Gasteiger partial charge in [0.1, 0.15) is 5.75 Å². The van der Waals surface area contributed by atoms with E-state index in [9.17, 15) is 4.79 Å². The maximum Gasteiger partial charge on any atom is 0.272 e. The molecular weight excluding hydrogens is 280 g/mol. The lowest BCUT2D eigenvalue weighted by Crippen LogP contribution is -2.57. The number of hydrogen-bond acceptors (Lipinski definition) is 4. The summed E-state index contributed by atoms with van der Waals surface area (Å²) in [5.41, 5.74) is 1.30. The van der Waals surface area contributed by atoms with Crippen LogP contribution in [0.3, 0.4) is 0 Å². The zero-order valence-corrected chi connectivity index (χ0v) is 12.6. The first-order valence-corrected chi connectivity index (χ1v) is 7.80. The molecule has 1 unspecified atom stereocenters. The standard InChI is InChI=1S/C16H20N4O2/c1-22-11-2-3-13-12(8-11)15(19-18-13)16(21)17-14-9-20-6-4-10(14)5-7-20/h2-3,8,10,14H,4-7,9H2,1H3,(H,17,21)(H,18,19). The van der Waals surface area contributed by atoms with Gasteiger partial charge in [0.05, 0.1) is 12.6 Å². The average Bonchev–Trinajstić information content (AvgIpc) is 2.99. The van der Waals surface area contributed by atoms with Crippen molar-refractivity contribution in [2.45, 2.75) is 18.9 Å². The van der Waals surface area contributed by atoms with Crippen LogP contribution in [0.1, 0.15) is 23.3 Å². The quantitative estimate of drug-likeness (QED) is 0.899. The number of ether oxygens (including phenoxy) is 1. The van der Waals surface area contributed by atoms with Crippen LogP contribution in [-0.4, -0.2) is 53.8 Å². The molecule has 3 saturated heterocycles. The molecule has 1 atom stereocenters. The Kier molecular flexibility index (Phi) is 3.26. The molecule has 2 aromatic rings. The van der Waals surface area contributed by atoms with Crippen LogP contribution < -0.4 is 10.1 Å².